The molecule has 1 heterocycles. The molecule has 1 aromatic heterocycles. The fraction of sp³-hybridized carbons (Fsp3) is 0.182. The van der Waals surface area contributed by atoms with Gasteiger partial charge in [0.25, 0.3) is 0 Å². The summed E-state index contributed by atoms with van der Waals surface area (Å²) in [6.45, 7) is 0. The Balaban J connectivity index is 1.42. The predicted molar refractivity (Wildman–Crippen MR) is 111 cm³/mol. The third-order valence-corrected chi connectivity index (χ3v) is 5.09. The maximum absolute atomic E-state index is 14.5. The standard InChI is InChI=1S/C22H20F2N4O3/c23-13-1-3-14(4-2-13)27-20(29)22(8-9-22)21(30)28-18-6-5-15(11-17(18)24)31-16-7-10-26-19(25)12-16/h1-7,10-12,20,27,29H,8-9H2,(H2,25,26)(H,28,30). The van der Waals surface area contributed by atoms with Crippen LogP contribution in [0.5, 0.6) is 11.5 Å². The van der Waals surface area contributed by atoms with Crippen LogP contribution in [-0.4, -0.2) is 22.2 Å². The van der Waals surface area contributed by atoms with E-state index < -0.39 is 29.2 Å². The number of ether oxygens (including phenoxy) is 1. The quantitative estimate of drug-likeness (QED) is 0.427. The van der Waals surface area contributed by atoms with Crippen LogP contribution in [-0.2, 0) is 4.79 Å². The highest BCUT2D eigenvalue weighted by Gasteiger charge is 2.56. The van der Waals surface area contributed by atoms with Gasteiger partial charge < -0.3 is 26.2 Å². The predicted octanol–water partition coefficient (Wildman–Crippen LogP) is 3.88. The fourth-order valence-corrected chi connectivity index (χ4v) is 3.14. The number of benzene rings is 2. The number of pyridine rings is 1. The number of nitrogen functional groups attached to an aromatic ring is 1. The molecule has 1 unspecified atom stereocenters. The summed E-state index contributed by atoms with van der Waals surface area (Å²) < 4.78 is 33.1. The molecule has 1 fully saturated rings. The molecule has 1 atom stereocenters. The van der Waals surface area contributed by atoms with E-state index in [9.17, 15) is 18.7 Å². The lowest BCUT2D eigenvalue weighted by atomic mass is 10.0. The molecule has 9 heteroatoms. The van der Waals surface area contributed by atoms with E-state index in [4.69, 9.17) is 10.5 Å². The maximum Gasteiger partial charge on any atom is 0.235 e. The average Bonchev–Trinajstić information content (AvgIpc) is 3.54. The topological polar surface area (TPSA) is 110 Å². The number of rotatable bonds is 7. The minimum atomic E-state index is -1.21. The van der Waals surface area contributed by atoms with Gasteiger partial charge in [0.2, 0.25) is 5.91 Å². The van der Waals surface area contributed by atoms with Crippen LogP contribution in [0.3, 0.4) is 0 Å². The number of nitrogens with zero attached hydrogens (tertiary/aromatic N) is 1. The second kappa shape index (κ2) is 8.19. The van der Waals surface area contributed by atoms with Crippen LogP contribution in [0.2, 0.25) is 0 Å². The van der Waals surface area contributed by atoms with Crippen molar-refractivity contribution in [1.82, 2.24) is 4.98 Å². The number of anilines is 3. The molecule has 0 bridgehead atoms. The van der Waals surface area contributed by atoms with Crippen molar-refractivity contribution in [1.29, 1.82) is 0 Å². The lowest BCUT2D eigenvalue weighted by Crippen LogP contribution is -2.39. The van der Waals surface area contributed by atoms with Crippen molar-refractivity contribution >= 4 is 23.1 Å². The molecule has 1 saturated carbocycles. The number of carbonyl (C=O) groups is 1. The van der Waals surface area contributed by atoms with Crippen molar-refractivity contribution in [3.8, 4) is 11.5 Å². The SMILES string of the molecule is Nc1cc(Oc2ccc(NC(=O)C3(C(O)Nc4ccc(F)cc4)CC3)c(F)c2)ccn1. The Morgan fingerprint density at radius 1 is 1.10 bits per heavy atom. The number of nitrogens with two attached hydrogens (primary N) is 1. The second-order valence-electron chi connectivity index (χ2n) is 7.32. The van der Waals surface area contributed by atoms with Crippen LogP contribution < -0.4 is 21.1 Å². The van der Waals surface area contributed by atoms with Crippen LogP contribution in [0.15, 0.2) is 60.8 Å². The van der Waals surface area contributed by atoms with Crippen LogP contribution in [0, 0.1) is 17.0 Å². The molecule has 1 aliphatic carbocycles. The minimum absolute atomic E-state index is 0.0353. The van der Waals surface area contributed by atoms with Gasteiger partial charge in [-0.1, -0.05) is 0 Å². The van der Waals surface area contributed by atoms with Gasteiger partial charge >= 0.3 is 0 Å². The largest absolute Gasteiger partial charge is 0.457 e. The Kier molecular flexibility index (Phi) is 5.43. The normalized spacial score (nSPS) is 15.1. The van der Waals surface area contributed by atoms with Gasteiger partial charge in [-0.15, -0.1) is 0 Å². The van der Waals surface area contributed by atoms with E-state index in [-0.39, 0.29) is 17.3 Å². The van der Waals surface area contributed by atoms with Crippen molar-refractivity contribution in [3.63, 3.8) is 0 Å². The summed E-state index contributed by atoms with van der Waals surface area (Å²) in [5, 5.41) is 15.8. The van der Waals surface area contributed by atoms with E-state index in [1.165, 1.54) is 48.7 Å². The number of nitrogens with one attached hydrogen (secondary N) is 2. The van der Waals surface area contributed by atoms with E-state index in [0.717, 1.165) is 6.07 Å². The van der Waals surface area contributed by atoms with E-state index in [2.05, 4.69) is 15.6 Å². The van der Waals surface area contributed by atoms with Gasteiger partial charge in [-0.3, -0.25) is 4.79 Å². The minimum Gasteiger partial charge on any atom is -0.457 e. The highest BCUT2D eigenvalue weighted by molar-refractivity contribution is 5.98. The summed E-state index contributed by atoms with van der Waals surface area (Å²) in [6.07, 6.45) is 1.12. The zero-order chi connectivity index (χ0) is 22.0. The van der Waals surface area contributed by atoms with Gasteiger partial charge in [0.1, 0.15) is 35.2 Å². The van der Waals surface area contributed by atoms with Crippen LogP contribution in [0.1, 0.15) is 12.8 Å². The first-order valence-electron chi connectivity index (χ1n) is 9.56. The summed E-state index contributed by atoms with van der Waals surface area (Å²) in [5.41, 5.74) is 4.93. The number of halogens is 2. The van der Waals surface area contributed by atoms with Gasteiger partial charge in [0.15, 0.2) is 0 Å². The highest BCUT2D eigenvalue weighted by atomic mass is 19.1. The van der Waals surface area contributed by atoms with Crippen LogP contribution in [0.4, 0.5) is 26.0 Å². The Labute approximate surface area is 176 Å². The monoisotopic (exact) mass is 426 g/mol. The molecule has 3 aromatic rings. The number of aliphatic hydroxyl groups excluding tert-OH is 1. The third kappa shape index (κ3) is 4.56. The Morgan fingerprint density at radius 3 is 2.45 bits per heavy atom. The summed E-state index contributed by atoms with van der Waals surface area (Å²) in [5.74, 6) is -0.719. The van der Waals surface area contributed by atoms with Gasteiger partial charge in [0.05, 0.1) is 11.1 Å². The Bertz CT molecular complexity index is 1100. The van der Waals surface area contributed by atoms with Gasteiger partial charge in [-0.2, -0.15) is 0 Å². The highest BCUT2D eigenvalue weighted by Crippen LogP contribution is 2.50. The summed E-state index contributed by atoms with van der Waals surface area (Å²) in [6, 6.07) is 12.5. The molecule has 0 saturated heterocycles. The summed E-state index contributed by atoms with van der Waals surface area (Å²) in [7, 11) is 0. The lowest BCUT2D eigenvalue weighted by molar-refractivity contribution is -0.124. The van der Waals surface area contributed by atoms with Gasteiger partial charge in [-0.05, 0) is 55.3 Å². The number of amides is 1. The molecule has 7 nitrogen and oxygen atoms in total. The first kappa shape index (κ1) is 20.5. The molecular formula is C22H20F2N4O3. The van der Waals surface area contributed by atoms with Crippen molar-refractivity contribution in [3.05, 3.63) is 72.4 Å². The van der Waals surface area contributed by atoms with Crippen molar-refractivity contribution in [2.75, 3.05) is 16.4 Å². The summed E-state index contributed by atoms with van der Waals surface area (Å²) in [4.78, 5) is 16.6. The molecule has 0 aliphatic heterocycles. The van der Waals surface area contributed by atoms with Crippen molar-refractivity contribution in [2.24, 2.45) is 5.41 Å². The number of hydrogen-bond donors (Lipinski definition) is 4. The zero-order valence-electron chi connectivity index (χ0n) is 16.3. The van der Waals surface area contributed by atoms with Crippen LogP contribution >= 0.6 is 0 Å². The van der Waals surface area contributed by atoms with Gasteiger partial charge in [-0.25, -0.2) is 13.8 Å². The van der Waals surface area contributed by atoms with E-state index in [1.807, 2.05) is 0 Å². The molecule has 1 amide bonds. The molecule has 31 heavy (non-hydrogen) atoms. The summed E-state index contributed by atoms with van der Waals surface area (Å²) >= 11 is 0. The smallest absolute Gasteiger partial charge is 0.235 e. The van der Waals surface area contributed by atoms with E-state index >= 15 is 0 Å². The molecular weight excluding hydrogens is 406 g/mol. The average molecular weight is 426 g/mol. The molecule has 5 N–H and O–H groups in total. The zero-order valence-corrected chi connectivity index (χ0v) is 16.3. The molecule has 0 spiro atoms. The first-order chi connectivity index (χ1) is 14.9. The fourth-order valence-electron chi connectivity index (χ4n) is 3.14. The third-order valence-electron chi connectivity index (χ3n) is 5.09. The molecule has 4 rings (SSSR count). The Hall–Kier alpha value is -3.72. The number of aromatic nitrogens is 1. The number of carbonyl (C=O) groups excluding carboxylic acids is 1. The van der Waals surface area contributed by atoms with Crippen molar-refractivity contribution < 1.29 is 23.4 Å². The number of aliphatic hydroxyl groups is 1. The van der Waals surface area contributed by atoms with Crippen molar-refractivity contribution in [2.45, 2.75) is 19.1 Å². The second-order valence-corrected chi connectivity index (χ2v) is 7.32. The van der Waals surface area contributed by atoms with E-state index in [1.54, 1.807) is 6.07 Å². The van der Waals surface area contributed by atoms with E-state index in [0.29, 0.717) is 24.3 Å². The van der Waals surface area contributed by atoms with Crippen LogP contribution in [0.25, 0.3) is 0 Å². The lowest BCUT2D eigenvalue weighted by Gasteiger charge is -2.23. The Morgan fingerprint density at radius 2 is 1.81 bits per heavy atom. The molecule has 0 radical (unpaired) electrons. The first-order valence-corrected chi connectivity index (χ1v) is 9.56. The molecule has 1 aliphatic rings. The van der Waals surface area contributed by atoms with Gasteiger partial charge in [0, 0.05) is 24.0 Å². The molecule has 2 aromatic carbocycles. The molecule has 160 valence electrons. The number of hydrogen-bond acceptors (Lipinski definition) is 6. The maximum atomic E-state index is 14.5.